The number of ether oxygens (including phenoxy) is 1. The van der Waals surface area contributed by atoms with E-state index in [4.69, 9.17) is 4.74 Å². The SMILES string of the molecule is COc1ccc(C(=O)/C=C/NNC(=O)Cc2ccc([N+](=O)[O-])cc2)cc1. The van der Waals surface area contributed by atoms with Crippen LogP contribution in [0.2, 0.25) is 0 Å². The van der Waals surface area contributed by atoms with Gasteiger partial charge in [-0.3, -0.25) is 25.1 Å². The number of carbonyl (C=O) groups excluding carboxylic acids is 2. The molecule has 26 heavy (non-hydrogen) atoms. The van der Waals surface area contributed by atoms with Crippen LogP contribution < -0.4 is 15.6 Å². The van der Waals surface area contributed by atoms with E-state index in [9.17, 15) is 19.7 Å². The van der Waals surface area contributed by atoms with Gasteiger partial charge in [-0.1, -0.05) is 12.1 Å². The lowest BCUT2D eigenvalue weighted by atomic mass is 10.1. The molecular weight excluding hydrogens is 338 g/mol. The van der Waals surface area contributed by atoms with E-state index in [2.05, 4.69) is 10.9 Å². The maximum Gasteiger partial charge on any atom is 0.269 e. The Kier molecular flexibility index (Phi) is 6.44. The molecule has 2 aromatic carbocycles. The molecule has 0 saturated heterocycles. The number of amides is 1. The number of nitro benzene ring substituents is 1. The van der Waals surface area contributed by atoms with E-state index in [1.54, 1.807) is 31.4 Å². The van der Waals surface area contributed by atoms with Crippen LogP contribution in [0.15, 0.2) is 60.8 Å². The van der Waals surface area contributed by atoms with Crippen molar-refractivity contribution in [1.29, 1.82) is 0 Å². The molecule has 134 valence electrons. The van der Waals surface area contributed by atoms with Crippen molar-refractivity contribution in [2.24, 2.45) is 0 Å². The molecule has 8 heteroatoms. The Morgan fingerprint density at radius 2 is 1.77 bits per heavy atom. The monoisotopic (exact) mass is 355 g/mol. The van der Waals surface area contributed by atoms with Crippen molar-refractivity contribution >= 4 is 17.4 Å². The highest BCUT2D eigenvalue weighted by Crippen LogP contribution is 2.12. The summed E-state index contributed by atoms with van der Waals surface area (Å²) in [4.78, 5) is 33.8. The third kappa shape index (κ3) is 5.45. The number of benzene rings is 2. The van der Waals surface area contributed by atoms with Crippen molar-refractivity contribution in [3.63, 3.8) is 0 Å². The number of ketones is 1. The van der Waals surface area contributed by atoms with Gasteiger partial charge in [-0.05, 0) is 29.8 Å². The summed E-state index contributed by atoms with van der Waals surface area (Å²) in [6, 6.07) is 12.3. The summed E-state index contributed by atoms with van der Waals surface area (Å²) in [6.45, 7) is 0. The van der Waals surface area contributed by atoms with Crippen molar-refractivity contribution in [2.45, 2.75) is 6.42 Å². The molecule has 0 unspecified atom stereocenters. The number of methoxy groups -OCH3 is 1. The zero-order chi connectivity index (χ0) is 18.9. The van der Waals surface area contributed by atoms with Gasteiger partial charge in [0.2, 0.25) is 5.91 Å². The normalized spacial score (nSPS) is 10.3. The number of nitrogens with one attached hydrogen (secondary N) is 2. The van der Waals surface area contributed by atoms with E-state index in [0.29, 0.717) is 16.9 Å². The second-order valence-electron chi connectivity index (χ2n) is 5.22. The van der Waals surface area contributed by atoms with Crippen molar-refractivity contribution in [3.05, 3.63) is 82.0 Å². The summed E-state index contributed by atoms with van der Waals surface area (Å²) >= 11 is 0. The summed E-state index contributed by atoms with van der Waals surface area (Å²) in [7, 11) is 1.54. The third-order valence-electron chi connectivity index (χ3n) is 3.42. The average molecular weight is 355 g/mol. The van der Waals surface area contributed by atoms with E-state index < -0.39 is 4.92 Å². The van der Waals surface area contributed by atoms with Crippen molar-refractivity contribution in [3.8, 4) is 5.75 Å². The highest BCUT2D eigenvalue weighted by atomic mass is 16.6. The summed E-state index contributed by atoms with van der Waals surface area (Å²) in [5.41, 5.74) is 6.02. The number of carbonyl (C=O) groups is 2. The van der Waals surface area contributed by atoms with Crippen LogP contribution in [0.1, 0.15) is 15.9 Å². The largest absolute Gasteiger partial charge is 0.497 e. The van der Waals surface area contributed by atoms with Gasteiger partial charge >= 0.3 is 0 Å². The van der Waals surface area contributed by atoms with Crippen molar-refractivity contribution in [2.75, 3.05) is 7.11 Å². The summed E-state index contributed by atoms with van der Waals surface area (Å²) in [6.07, 6.45) is 2.65. The van der Waals surface area contributed by atoms with Crippen LogP contribution in [0.5, 0.6) is 5.75 Å². The van der Waals surface area contributed by atoms with Crippen LogP contribution >= 0.6 is 0 Å². The molecule has 0 bridgehead atoms. The molecular formula is C18H17N3O5. The van der Waals surface area contributed by atoms with Crippen molar-refractivity contribution in [1.82, 2.24) is 10.9 Å². The number of non-ortho nitro benzene ring substituents is 1. The zero-order valence-corrected chi connectivity index (χ0v) is 14.0. The maximum atomic E-state index is 11.9. The predicted octanol–water partition coefficient (Wildman–Crippen LogP) is 2.16. The maximum absolute atomic E-state index is 11.9. The molecule has 0 atom stereocenters. The lowest BCUT2D eigenvalue weighted by Gasteiger charge is -2.04. The van der Waals surface area contributed by atoms with Crippen molar-refractivity contribution < 1.29 is 19.2 Å². The molecule has 0 aromatic heterocycles. The molecule has 0 aliphatic carbocycles. The van der Waals surface area contributed by atoms with Gasteiger partial charge in [-0.15, -0.1) is 0 Å². The van der Waals surface area contributed by atoms with Gasteiger partial charge in [0.05, 0.1) is 18.5 Å². The minimum absolute atomic E-state index is 0.0349. The molecule has 2 aromatic rings. The number of nitrogens with zero attached hydrogens (tertiary/aromatic N) is 1. The Morgan fingerprint density at radius 1 is 1.12 bits per heavy atom. The number of rotatable bonds is 8. The Hall–Kier alpha value is -3.68. The van der Waals surface area contributed by atoms with Crippen LogP contribution in [0.3, 0.4) is 0 Å². The quantitative estimate of drug-likeness (QED) is 0.325. The van der Waals surface area contributed by atoms with E-state index in [0.717, 1.165) is 0 Å². The first-order chi connectivity index (χ1) is 12.5. The first-order valence-electron chi connectivity index (χ1n) is 7.62. The molecule has 2 rings (SSSR count). The molecule has 0 heterocycles. The van der Waals surface area contributed by atoms with E-state index in [1.165, 1.54) is 36.5 Å². The zero-order valence-electron chi connectivity index (χ0n) is 14.0. The predicted molar refractivity (Wildman–Crippen MR) is 94.5 cm³/mol. The second-order valence-corrected chi connectivity index (χ2v) is 5.22. The fourth-order valence-electron chi connectivity index (χ4n) is 2.06. The first-order valence-corrected chi connectivity index (χ1v) is 7.62. The van der Waals surface area contributed by atoms with Crippen LogP contribution in [-0.2, 0) is 11.2 Å². The number of hydrogen-bond acceptors (Lipinski definition) is 6. The molecule has 0 aliphatic heterocycles. The molecule has 1 amide bonds. The molecule has 0 saturated carbocycles. The Labute approximate surface area is 149 Å². The highest BCUT2D eigenvalue weighted by molar-refractivity contribution is 6.04. The van der Waals surface area contributed by atoms with Gasteiger partial charge in [-0.2, -0.15) is 0 Å². The number of nitro groups is 1. The lowest BCUT2D eigenvalue weighted by molar-refractivity contribution is -0.384. The summed E-state index contributed by atoms with van der Waals surface area (Å²) in [5, 5.41) is 10.6. The van der Waals surface area contributed by atoms with Crippen LogP contribution in [0, 0.1) is 10.1 Å². The topological polar surface area (TPSA) is 111 Å². The fraction of sp³-hybridized carbons (Fsp3) is 0.111. The molecule has 0 fully saturated rings. The molecule has 0 radical (unpaired) electrons. The summed E-state index contributed by atoms with van der Waals surface area (Å²) < 4.78 is 5.02. The van der Waals surface area contributed by atoms with Gasteiger partial charge in [0.1, 0.15) is 5.75 Å². The van der Waals surface area contributed by atoms with E-state index in [1.807, 2.05) is 0 Å². The number of hydrogen-bond donors (Lipinski definition) is 2. The third-order valence-corrected chi connectivity index (χ3v) is 3.42. The van der Waals surface area contributed by atoms with E-state index >= 15 is 0 Å². The molecule has 8 nitrogen and oxygen atoms in total. The fourth-order valence-corrected chi connectivity index (χ4v) is 2.06. The summed E-state index contributed by atoms with van der Waals surface area (Å²) in [5.74, 6) is 0.0762. The van der Waals surface area contributed by atoms with Gasteiger partial charge in [0, 0.05) is 30.0 Å². The molecule has 2 N–H and O–H groups in total. The highest BCUT2D eigenvalue weighted by Gasteiger charge is 2.07. The van der Waals surface area contributed by atoms with Crippen LogP contribution in [0.4, 0.5) is 5.69 Å². The number of hydrazine groups is 1. The van der Waals surface area contributed by atoms with Gasteiger partial charge in [0.15, 0.2) is 5.78 Å². The van der Waals surface area contributed by atoms with Gasteiger partial charge in [0.25, 0.3) is 5.69 Å². The Morgan fingerprint density at radius 3 is 2.35 bits per heavy atom. The molecule has 0 spiro atoms. The Bertz CT molecular complexity index is 814. The Balaban J connectivity index is 1.78. The van der Waals surface area contributed by atoms with E-state index in [-0.39, 0.29) is 23.8 Å². The molecule has 0 aliphatic rings. The first kappa shape index (κ1) is 18.7. The van der Waals surface area contributed by atoms with Crippen LogP contribution in [0.25, 0.3) is 0 Å². The standard InChI is InChI=1S/C18H17N3O5/c1-26-16-8-4-14(5-9-16)17(22)10-11-19-20-18(23)12-13-2-6-15(7-3-13)21(24)25/h2-11,19H,12H2,1H3,(H,20,23)/b11-10+. The average Bonchev–Trinajstić information content (AvgIpc) is 2.65. The number of allylic oxidation sites excluding steroid dienone is 1. The van der Waals surface area contributed by atoms with Crippen LogP contribution in [-0.4, -0.2) is 23.7 Å². The second kappa shape index (κ2) is 8.97. The smallest absolute Gasteiger partial charge is 0.269 e. The van der Waals surface area contributed by atoms with Gasteiger partial charge < -0.3 is 10.2 Å². The minimum atomic E-state index is -0.504. The minimum Gasteiger partial charge on any atom is -0.497 e. The van der Waals surface area contributed by atoms with Gasteiger partial charge in [-0.25, -0.2) is 0 Å². The lowest BCUT2D eigenvalue weighted by Crippen LogP contribution is -2.34.